The van der Waals surface area contributed by atoms with E-state index in [1.54, 1.807) is 61.5 Å². The summed E-state index contributed by atoms with van der Waals surface area (Å²) in [4.78, 5) is 50.8. The van der Waals surface area contributed by atoms with Crippen LogP contribution in [0, 0.1) is 5.92 Å². The van der Waals surface area contributed by atoms with Gasteiger partial charge in [-0.1, -0.05) is 36.7 Å². The fourth-order valence-corrected chi connectivity index (χ4v) is 4.75. The summed E-state index contributed by atoms with van der Waals surface area (Å²) in [6.45, 7) is 1.90. The van der Waals surface area contributed by atoms with Crippen molar-refractivity contribution in [3.05, 3.63) is 71.1 Å². The maximum atomic E-state index is 13.6. The topological polar surface area (TPSA) is 126 Å². The third-order valence-electron chi connectivity index (χ3n) is 6.40. The number of hydrogen-bond donors (Lipinski definition) is 2. The van der Waals surface area contributed by atoms with E-state index in [0.717, 1.165) is 16.0 Å². The summed E-state index contributed by atoms with van der Waals surface area (Å²) in [5.74, 6) is -0.893. The highest BCUT2D eigenvalue weighted by Gasteiger charge is 2.55. The summed E-state index contributed by atoms with van der Waals surface area (Å²) < 4.78 is 1.69. The molecule has 0 unspecified atom stereocenters. The van der Waals surface area contributed by atoms with Gasteiger partial charge in [0.25, 0.3) is 5.91 Å². The number of aromatic nitrogens is 3. The molecule has 1 fully saturated rings. The number of likely N-dealkylation sites (N-methyl/N-ethyl adjacent to an activating group) is 1. The second-order valence-electron chi connectivity index (χ2n) is 8.72. The molecule has 0 bridgehead atoms. The van der Waals surface area contributed by atoms with Gasteiger partial charge < -0.3 is 15.6 Å². The lowest BCUT2D eigenvalue weighted by Gasteiger charge is -2.45. The molecular formula is C25H28ClN7O3. The molecule has 0 radical (unpaired) electrons. The smallest absolute Gasteiger partial charge is 0.325 e. The molecule has 3 atom stereocenters. The maximum Gasteiger partial charge on any atom is 0.325 e. The third-order valence-corrected chi connectivity index (χ3v) is 6.74. The van der Waals surface area contributed by atoms with Gasteiger partial charge >= 0.3 is 6.03 Å². The zero-order chi connectivity index (χ0) is 26.0. The number of carbonyl (C=O) groups excluding carboxylic acids is 3. The van der Waals surface area contributed by atoms with Gasteiger partial charge in [0, 0.05) is 37.7 Å². The minimum Gasteiger partial charge on any atom is -0.384 e. The van der Waals surface area contributed by atoms with Crippen LogP contribution in [0.1, 0.15) is 30.5 Å². The number of urea groups is 1. The van der Waals surface area contributed by atoms with Crippen molar-refractivity contribution >= 4 is 41.2 Å². The summed E-state index contributed by atoms with van der Waals surface area (Å²) in [5, 5.41) is 3.39. The van der Waals surface area contributed by atoms with Gasteiger partial charge in [-0.15, -0.1) is 0 Å². The number of pyridine rings is 1. The van der Waals surface area contributed by atoms with Crippen LogP contribution < -0.4 is 16.0 Å². The van der Waals surface area contributed by atoms with Crippen LogP contribution in [-0.2, 0) is 23.1 Å². The van der Waals surface area contributed by atoms with Crippen molar-refractivity contribution in [2.24, 2.45) is 13.0 Å². The number of rotatable bonds is 7. The number of imidazole rings is 1. The minimum atomic E-state index is -1.02. The van der Waals surface area contributed by atoms with Crippen LogP contribution in [0.5, 0.6) is 0 Å². The number of likely N-dealkylation sites (tertiary alicyclic amines) is 1. The Kier molecular flexibility index (Phi) is 7.25. The predicted octanol–water partition coefficient (Wildman–Crippen LogP) is 2.94. The van der Waals surface area contributed by atoms with Crippen molar-refractivity contribution in [3.63, 3.8) is 0 Å². The number of amides is 4. The number of β-lactam (4-membered cyclic amide) rings is 1. The van der Waals surface area contributed by atoms with Gasteiger partial charge in [0.05, 0.1) is 12.0 Å². The van der Waals surface area contributed by atoms with Gasteiger partial charge in [-0.25, -0.2) is 14.8 Å². The lowest BCUT2D eigenvalue weighted by atomic mass is 9.81. The van der Waals surface area contributed by atoms with Gasteiger partial charge in [0.1, 0.15) is 11.9 Å². The Labute approximate surface area is 214 Å². The Balaban J connectivity index is 1.61. The molecule has 0 spiro atoms. The van der Waals surface area contributed by atoms with E-state index in [0.29, 0.717) is 23.2 Å². The number of nitrogens with two attached hydrogens (primary N) is 1. The molecule has 3 N–H and O–H groups in total. The van der Waals surface area contributed by atoms with Gasteiger partial charge in [-0.2, -0.15) is 0 Å². The molecule has 2 aromatic heterocycles. The summed E-state index contributed by atoms with van der Waals surface area (Å²) in [5.41, 5.74) is 7.28. The Morgan fingerprint density at radius 3 is 2.61 bits per heavy atom. The lowest BCUT2D eigenvalue weighted by molar-refractivity contribution is -0.156. The van der Waals surface area contributed by atoms with Gasteiger partial charge in [-0.05, 0) is 42.2 Å². The van der Waals surface area contributed by atoms with Crippen LogP contribution in [0.4, 0.5) is 16.6 Å². The first kappa shape index (κ1) is 25.2. The van der Waals surface area contributed by atoms with Crippen molar-refractivity contribution < 1.29 is 14.4 Å². The Morgan fingerprint density at radius 2 is 1.97 bits per heavy atom. The Bertz CT molecular complexity index is 1290. The first-order valence-corrected chi connectivity index (χ1v) is 11.9. The van der Waals surface area contributed by atoms with Crippen LogP contribution in [0.15, 0.2) is 55.0 Å². The highest BCUT2D eigenvalue weighted by Crippen LogP contribution is 2.33. The standard InChI is InChI=1S/C25H28ClN7O3/c1-4-19(16-7-5-6-8-18(16)26)30-25(36)33-21(23(35)32(3)24-29-11-12-31(24)2)17(22(33)34)13-15-9-10-28-20(27)14-15/h5-12,14,17,19,21H,4,13H2,1-3H3,(H2,27,28)(H,30,36)/t17-,19-,21+/m1/s1. The van der Waals surface area contributed by atoms with Crippen LogP contribution in [-0.4, -0.2) is 50.4 Å². The number of anilines is 2. The molecule has 11 heteroatoms. The molecule has 0 aliphatic carbocycles. The fraction of sp³-hybridized carbons (Fsp3) is 0.320. The molecule has 3 heterocycles. The third kappa shape index (κ3) is 4.76. The SMILES string of the molecule is CC[C@@H](NC(=O)N1C(=O)[C@H](Cc2ccnc(N)c2)[C@H]1C(=O)N(C)c1nccn1C)c1ccccc1Cl. The number of imide groups is 1. The maximum absolute atomic E-state index is 13.6. The molecule has 10 nitrogen and oxygen atoms in total. The van der Waals surface area contributed by atoms with E-state index in [9.17, 15) is 14.4 Å². The zero-order valence-corrected chi connectivity index (χ0v) is 21.0. The first-order chi connectivity index (χ1) is 17.2. The van der Waals surface area contributed by atoms with E-state index in [4.69, 9.17) is 17.3 Å². The van der Waals surface area contributed by atoms with Crippen molar-refractivity contribution in [1.82, 2.24) is 24.8 Å². The molecule has 4 amide bonds. The molecule has 3 aromatic rings. The average molecular weight is 510 g/mol. The molecule has 0 saturated carbocycles. The van der Waals surface area contributed by atoms with Crippen LogP contribution in [0.3, 0.4) is 0 Å². The number of halogens is 1. The highest BCUT2D eigenvalue weighted by atomic mass is 35.5. The molecule has 36 heavy (non-hydrogen) atoms. The van der Waals surface area contributed by atoms with Gasteiger partial charge in [-0.3, -0.25) is 19.4 Å². The molecule has 1 aliphatic heterocycles. The van der Waals surface area contributed by atoms with Crippen LogP contribution >= 0.6 is 11.6 Å². The van der Waals surface area contributed by atoms with Gasteiger partial charge in [0.2, 0.25) is 11.9 Å². The van der Waals surface area contributed by atoms with Crippen LogP contribution in [0.25, 0.3) is 0 Å². The summed E-state index contributed by atoms with van der Waals surface area (Å²) in [7, 11) is 3.33. The second-order valence-corrected chi connectivity index (χ2v) is 9.13. The number of nitrogens with one attached hydrogen (secondary N) is 1. The van der Waals surface area contributed by atoms with E-state index in [2.05, 4.69) is 15.3 Å². The van der Waals surface area contributed by atoms with Crippen LogP contribution in [0.2, 0.25) is 5.02 Å². The van der Waals surface area contributed by atoms with Gasteiger partial charge in [0.15, 0.2) is 0 Å². The van der Waals surface area contributed by atoms with E-state index < -0.39 is 35.8 Å². The van der Waals surface area contributed by atoms with Crippen molar-refractivity contribution in [2.45, 2.75) is 31.8 Å². The van der Waals surface area contributed by atoms with E-state index in [-0.39, 0.29) is 6.42 Å². The Morgan fingerprint density at radius 1 is 1.22 bits per heavy atom. The van der Waals surface area contributed by atoms with E-state index >= 15 is 0 Å². The molecule has 1 aliphatic rings. The number of aryl methyl sites for hydroxylation is 1. The van der Waals surface area contributed by atoms with Crippen molar-refractivity contribution in [2.75, 3.05) is 17.7 Å². The number of nitrogen functional groups attached to an aromatic ring is 1. The first-order valence-electron chi connectivity index (χ1n) is 11.6. The predicted molar refractivity (Wildman–Crippen MR) is 136 cm³/mol. The summed E-state index contributed by atoms with van der Waals surface area (Å²) in [6.07, 6.45) is 5.61. The monoisotopic (exact) mass is 509 g/mol. The molecule has 1 aromatic carbocycles. The van der Waals surface area contributed by atoms with Crippen molar-refractivity contribution in [3.8, 4) is 0 Å². The number of carbonyl (C=O) groups is 3. The summed E-state index contributed by atoms with van der Waals surface area (Å²) in [6, 6.07) is 8.49. The lowest BCUT2D eigenvalue weighted by Crippen LogP contribution is -2.70. The fourth-order valence-electron chi connectivity index (χ4n) is 4.49. The normalized spacial score (nSPS) is 17.9. The molecule has 188 valence electrons. The quantitative estimate of drug-likeness (QED) is 0.471. The number of nitrogens with zero attached hydrogens (tertiary/aromatic N) is 5. The Hall–Kier alpha value is -3.92. The van der Waals surface area contributed by atoms with E-state index in [1.165, 1.54) is 4.90 Å². The van der Waals surface area contributed by atoms with Crippen molar-refractivity contribution in [1.29, 1.82) is 0 Å². The summed E-state index contributed by atoms with van der Waals surface area (Å²) >= 11 is 6.34. The highest BCUT2D eigenvalue weighted by molar-refractivity contribution is 6.31. The molecule has 1 saturated heterocycles. The van der Waals surface area contributed by atoms with E-state index in [1.807, 2.05) is 19.1 Å². The average Bonchev–Trinajstić information content (AvgIpc) is 3.29. The number of hydrogen-bond acceptors (Lipinski definition) is 6. The number of benzene rings is 1. The molecule has 4 rings (SSSR count). The minimum absolute atomic E-state index is 0.238. The molecular weight excluding hydrogens is 482 g/mol. The zero-order valence-electron chi connectivity index (χ0n) is 20.3. The second kappa shape index (κ2) is 10.4. The largest absolute Gasteiger partial charge is 0.384 e.